The highest BCUT2D eigenvalue weighted by Crippen LogP contribution is 2.50. The van der Waals surface area contributed by atoms with Crippen LogP contribution in [-0.4, -0.2) is 0 Å². The Morgan fingerprint density at radius 1 is 1.00 bits per heavy atom. The first-order chi connectivity index (χ1) is 6.91. The molecule has 92 valence electrons. The number of rotatable bonds is 2. The van der Waals surface area contributed by atoms with Gasteiger partial charge in [-0.3, -0.25) is 0 Å². The van der Waals surface area contributed by atoms with E-state index in [0.717, 1.165) is 5.92 Å². The summed E-state index contributed by atoms with van der Waals surface area (Å²) >= 11 is 0. The van der Waals surface area contributed by atoms with E-state index in [1.54, 1.807) is 0 Å². The molecule has 1 saturated carbocycles. The highest BCUT2D eigenvalue weighted by atomic mass is 14.4. The van der Waals surface area contributed by atoms with Crippen LogP contribution < -0.4 is 0 Å². The van der Waals surface area contributed by atoms with Crippen LogP contribution in [-0.2, 0) is 0 Å². The summed E-state index contributed by atoms with van der Waals surface area (Å²) in [6.07, 6.45) is 7.06. The van der Waals surface area contributed by atoms with E-state index in [2.05, 4.69) is 34.6 Å². The second-order valence-corrected chi connectivity index (χ2v) is 6.19. The standard InChI is InChI=1S/C13H26.C2H6/c1-6-11-8-12(3,4)10-13(5,7-2)9-11;1-2/h11H,6-10H2,1-5H3;1-2H3. The average molecular weight is 212 g/mol. The normalized spacial score (nSPS) is 34.2. The van der Waals surface area contributed by atoms with Crippen molar-refractivity contribution in [2.75, 3.05) is 0 Å². The first kappa shape index (κ1) is 15.0. The summed E-state index contributed by atoms with van der Waals surface area (Å²) in [6, 6.07) is 0. The molecule has 0 radical (unpaired) electrons. The van der Waals surface area contributed by atoms with Crippen LogP contribution in [0.3, 0.4) is 0 Å². The van der Waals surface area contributed by atoms with Crippen molar-refractivity contribution in [1.29, 1.82) is 0 Å². The molecule has 2 atom stereocenters. The molecule has 1 rings (SSSR count). The lowest BCUT2D eigenvalue weighted by Gasteiger charge is -2.46. The van der Waals surface area contributed by atoms with Crippen molar-refractivity contribution in [3.05, 3.63) is 0 Å². The molecule has 0 aromatic heterocycles. The van der Waals surface area contributed by atoms with E-state index >= 15 is 0 Å². The van der Waals surface area contributed by atoms with Gasteiger partial charge in [-0.2, -0.15) is 0 Å². The van der Waals surface area contributed by atoms with Crippen LogP contribution in [0.15, 0.2) is 0 Å². The topological polar surface area (TPSA) is 0 Å². The predicted octanol–water partition coefficient (Wildman–Crippen LogP) is 5.67. The summed E-state index contributed by atoms with van der Waals surface area (Å²) in [7, 11) is 0. The molecule has 1 aliphatic rings. The largest absolute Gasteiger partial charge is 0.0683 e. The molecule has 15 heavy (non-hydrogen) atoms. The van der Waals surface area contributed by atoms with Gasteiger partial charge in [0, 0.05) is 0 Å². The maximum atomic E-state index is 2.48. The fourth-order valence-corrected chi connectivity index (χ4v) is 3.41. The van der Waals surface area contributed by atoms with E-state index in [-0.39, 0.29) is 0 Å². The van der Waals surface area contributed by atoms with Crippen LogP contribution >= 0.6 is 0 Å². The molecular weight excluding hydrogens is 180 g/mol. The van der Waals surface area contributed by atoms with Crippen molar-refractivity contribution in [3.63, 3.8) is 0 Å². The lowest BCUT2D eigenvalue weighted by atomic mass is 9.59. The van der Waals surface area contributed by atoms with Gasteiger partial charge in [0.1, 0.15) is 0 Å². The molecule has 0 N–H and O–H groups in total. The van der Waals surface area contributed by atoms with Gasteiger partial charge in [0.05, 0.1) is 0 Å². The second-order valence-electron chi connectivity index (χ2n) is 6.19. The minimum atomic E-state index is 0.587. The summed E-state index contributed by atoms with van der Waals surface area (Å²) in [5.41, 5.74) is 1.21. The zero-order valence-electron chi connectivity index (χ0n) is 12.1. The lowest BCUT2D eigenvalue weighted by molar-refractivity contribution is 0.0496. The monoisotopic (exact) mass is 212 g/mol. The van der Waals surface area contributed by atoms with Gasteiger partial charge in [-0.25, -0.2) is 0 Å². The van der Waals surface area contributed by atoms with Gasteiger partial charge in [0.2, 0.25) is 0 Å². The van der Waals surface area contributed by atoms with Crippen molar-refractivity contribution in [2.45, 2.75) is 80.6 Å². The third-order valence-corrected chi connectivity index (χ3v) is 3.96. The van der Waals surface area contributed by atoms with E-state index < -0.39 is 0 Å². The second kappa shape index (κ2) is 5.92. The molecule has 0 aromatic rings. The predicted molar refractivity (Wildman–Crippen MR) is 71.2 cm³/mol. The SMILES string of the molecule is CC.CCC1CC(C)(C)CC(C)(CC)C1. The van der Waals surface area contributed by atoms with Crippen molar-refractivity contribution >= 4 is 0 Å². The Bertz CT molecular complexity index is 169. The zero-order chi connectivity index (χ0) is 12.1. The molecule has 0 spiro atoms. The minimum Gasteiger partial charge on any atom is -0.0683 e. The molecule has 0 nitrogen and oxygen atoms in total. The summed E-state index contributed by atoms with van der Waals surface area (Å²) < 4.78 is 0. The molecule has 0 amide bonds. The molecule has 0 bridgehead atoms. The molecule has 0 saturated heterocycles. The van der Waals surface area contributed by atoms with E-state index in [1.165, 1.54) is 32.1 Å². The maximum Gasteiger partial charge on any atom is -0.0321 e. The first-order valence-corrected chi connectivity index (χ1v) is 6.91. The zero-order valence-corrected chi connectivity index (χ0v) is 12.1. The molecule has 0 aliphatic heterocycles. The van der Waals surface area contributed by atoms with Crippen molar-refractivity contribution in [2.24, 2.45) is 16.7 Å². The van der Waals surface area contributed by atoms with Crippen molar-refractivity contribution < 1.29 is 0 Å². The average Bonchev–Trinajstić information content (AvgIpc) is 2.18. The molecule has 2 unspecified atom stereocenters. The summed E-state index contributed by atoms with van der Waals surface area (Å²) in [6.45, 7) is 16.1. The Morgan fingerprint density at radius 2 is 1.53 bits per heavy atom. The Kier molecular flexibility index (Phi) is 5.92. The molecule has 0 heterocycles. The Morgan fingerprint density at radius 3 is 1.93 bits per heavy atom. The van der Waals surface area contributed by atoms with Crippen LogP contribution in [0.5, 0.6) is 0 Å². The fraction of sp³-hybridized carbons (Fsp3) is 1.00. The smallest absolute Gasteiger partial charge is 0.0321 e. The number of hydrogen-bond donors (Lipinski definition) is 0. The van der Waals surface area contributed by atoms with Crippen molar-refractivity contribution in [3.8, 4) is 0 Å². The Labute approximate surface area is 97.8 Å². The molecule has 0 heteroatoms. The molecule has 1 fully saturated rings. The van der Waals surface area contributed by atoms with Gasteiger partial charge in [-0.05, 0) is 36.0 Å². The Balaban J connectivity index is 0.000000921. The Hall–Kier alpha value is 0. The van der Waals surface area contributed by atoms with E-state index in [4.69, 9.17) is 0 Å². The van der Waals surface area contributed by atoms with Gasteiger partial charge < -0.3 is 0 Å². The lowest BCUT2D eigenvalue weighted by Crippen LogP contribution is -2.35. The number of hydrogen-bond acceptors (Lipinski definition) is 0. The highest BCUT2D eigenvalue weighted by Gasteiger charge is 2.39. The van der Waals surface area contributed by atoms with Crippen LogP contribution in [0.2, 0.25) is 0 Å². The quantitative estimate of drug-likeness (QED) is 0.553. The van der Waals surface area contributed by atoms with E-state index in [9.17, 15) is 0 Å². The summed E-state index contributed by atoms with van der Waals surface area (Å²) in [4.78, 5) is 0. The summed E-state index contributed by atoms with van der Waals surface area (Å²) in [5, 5.41) is 0. The third-order valence-electron chi connectivity index (χ3n) is 3.96. The first-order valence-electron chi connectivity index (χ1n) is 6.91. The third kappa shape index (κ3) is 4.57. The van der Waals surface area contributed by atoms with Crippen LogP contribution in [0, 0.1) is 16.7 Å². The van der Waals surface area contributed by atoms with E-state index in [1.807, 2.05) is 13.8 Å². The van der Waals surface area contributed by atoms with E-state index in [0.29, 0.717) is 10.8 Å². The fourth-order valence-electron chi connectivity index (χ4n) is 3.41. The van der Waals surface area contributed by atoms with Crippen LogP contribution in [0.25, 0.3) is 0 Å². The molecular formula is C15H32. The van der Waals surface area contributed by atoms with Gasteiger partial charge >= 0.3 is 0 Å². The van der Waals surface area contributed by atoms with Crippen LogP contribution in [0.1, 0.15) is 80.6 Å². The van der Waals surface area contributed by atoms with Gasteiger partial charge in [-0.1, -0.05) is 61.3 Å². The minimum absolute atomic E-state index is 0.587. The maximum absolute atomic E-state index is 2.48. The van der Waals surface area contributed by atoms with Crippen molar-refractivity contribution in [1.82, 2.24) is 0 Å². The van der Waals surface area contributed by atoms with Gasteiger partial charge in [-0.15, -0.1) is 0 Å². The summed E-state index contributed by atoms with van der Waals surface area (Å²) in [5.74, 6) is 0.980. The van der Waals surface area contributed by atoms with Gasteiger partial charge in [0.15, 0.2) is 0 Å². The highest BCUT2D eigenvalue weighted by molar-refractivity contribution is 4.90. The van der Waals surface area contributed by atoms with Gasteiger partial charge in [0.25, 0.3) is 0 Å². The molecule has 1 aliphatic carbocycles. The molecule has 0 aromatic carbocycles. The van der Waals surface area contributed by atoms with Crippen LogP contribution in [0.4, 0.5) is 0 Å².